The van der Waals surface area contributed by atoms with Gasteiger partial charge in [-0.2, -0.15) is 0 Å². The molecule has 3 unspecified atom stereocenters. The highest BCUT2D eigenvalue weighted by Crippen LogP contribution is 2.60. The van der Waals surface area contributed by atoms with Gasteiger partial charge in [0.2, 0.25) is 0 Å². The minimum absolute atomic E-state index is 0.0461. The van der Waals surface area contributed by atoms with E-state index in [0.717, 1.165) is 18.4 Å². The second-order valence-electron chi connectivity index (χ2n) is 5.56. The zero-order chi connectivity index (χ0) is 13.3. The Kier molecular flexibility index (Phi) is 3.76. The summed E-state index contributed by atoms with van der Waals surface area (Å²) in [4.78, 5) is 0. The van der Waals surface area contributed by atoms with Crippen LogP contribution >= 0.6 is 0 Å². The molecule has 3 atom stereocenters. The van der Waals surface area contributed by atoms with Crippen LogP contribution in [0.15, 0.2) is 24.3 Å². The Morgan fingerprint density at radius 3 is 2.33 bits per heavy atom. The van der Waals surface area contributed by atoms with Crippen molar-refractivity contribution >= 4 is 0 Å². The highest BCUT2D eigenvalue weighted by Gasteiger charge is 2.57. The largest absolute Gasteiger partial charge is 0.316 e. The van der Waals surface area contributed by atoms with Crippen molar-refractivity contribution in [1.82, 2.24) is 5.32 Å². The van der Waals surface area contributed by atoms with Crippen LogP contribution in [0.2, 0.25) is 0 Å². The van der Waals surface area contributed by atoms with Crippen molar-refractivity contribution < 1.29 is 4.39 Å². The zero-order valence-electron chi connectivity index (χ0n) is 11.8. The lowest BCUT2D eigenvalue weighted by Gasteiger charge is -2.61. The van der Waals surface area contributed by atoms with Crippen molar-refractivity contribution in [2.24, 2.45) is 11.3 Å². The van der Waals surface area contributed by atoms with Crippen LogP contribution in [0.5, 0.6) is 0 Å². The first-order valence-electron chi connectivity index (χ1n) is 7.04. The lowest BCUT2D eigenvalue weighted by Crippen LogP contribution is -2.63. The van der Waals surface area contributed by atoms with Gasteiger partial charge in [-0.3, -0.25) is 0 Å². The maximum absolute atomic E-state index is 14.1. The maximum Gasteiger partial charge on any atom is 0.126 e. The maximum atomic E-state index is 14.1. The van der Waals surface area contributed by atoms with E-state index >= 15 is 0 Å². The zero-order valence-corrected chi connectivity index (χ0v) is 11.8. The van der Waals surface area contributed by atoms with Gasteiger partial charge in [-0.1, -0.05) is 39.0 Å². The third-order valence-electron chi connectivity index (χ3n) is 5.16. The van der Waals surface area contributed by atoms with Crippen LogP contribution in [-0.4, -0.2) is 13.1 Å². The molecular formula is C16H24FN. The summed E-state index contributed by atoms with van der Waals surface area (Å²) in [6.45, 7) is 6.70. The summed E-state index contributed by atoms with van der Waals surface area (Å²) < 4.78 is 14.1. The molecule has 1 N–H and O–H groups in total. The van der Waals surface area contributed by atoms with Crippen LogP contribution in [0.3, 0.4) is 0 Å². The minimum Gasteiger partial charge on any atom is -0.316 e. The summed E-state index contributed by atoms with van der Waals surface area (Å²) in [5.74, 6) is 0.785. The predicted octanol–water partition coefficient (Wildman–Crippen LogP) is 3.95. The van der Waals surface area contributed by atoms with E-state index in [0.29, 0.717) is 17.9 Å². The van der Waals surface area contributed by atoms with Crippen molar-refractivity contribution in [3.63, 3.8) is 0 Å². The van der Waals surface area contributed by atoms with Crippen LogP contribution in [0.1, 0.15) is 45.1 Å². The SMILES string of the molecule is CCC1(CC)C(NC)C(C)C1c1ccccc1F. The molecule has 0 heterocycles. The van der Waals surface area contributed by atoms with Gasteiger partial charge in [0, 0.05) is 6.04 Å². The second-order valence-corrected chi connectivity index (χ2v) is 5.56. The smallest absolute Gasteiger partial charge is 0.126 e. The first-order chi connectivity index (χ1) is 8.62. The molecule has 0 aromatic heterocycles. The second kappa shape index (κ2) is 5.00. The molecule has 0 radical (unpaired) electrons. The Morgan fingerprint density at radius 1 is 1.22 bits per heavy atom. The molecule has 18 heavy (non-hydrogen) atoms. The molecule has 1 aromatic rings. The Bertz CT molecular complexity index is 411. The topological polar surface area (TPSA) is 12.0 Å². The van der Waals surface area contributed by atoms with Crippen molar-refractivity contribution in [3.05, 3.63) is 35.6 Å². The predicted molar refractivity (Wildman–Crippen MR) is 74.2 cm³/mol. The number of benzene rings is 1. The Labute approximate surface area is 110 Å². The van der Waals surface area contributed by atoms with E-state index in [1.54, 1.807) is 12.1 Å². The summed E-state index contributed by atoms with van der Waals surface area (Å²) in [5, 5.41) is 3.44. The summed E-state index contributed by atoms with van der Waals surface area (Å²) >= 11 is 0. The fraction of sp³-hybridized carbons (Fsp3) is 0.625. The van der Waals surface area contributed by atoms with E-state index in [-0.39, 0.29) is 11.2 Å². The molecular weight excluding hydrogens is 225 g/mol. The summed E-state index contributed by atoms with van der Waals surface area (Å²) in [6.07, 6.45) is 2.19. The Morgan fingerprint density at radius 2 is 1.83 bits per heavy atom. The summed E-state index contributed by atoms with van der Waals surface area (Å²) in [6, 6.07) is 7.77. The van der Waals surface area contributed by atoms with Gasteiger partial charge in [-0.05, 0) is 48.8 Å². The van der Waals surface area contributed by atoms with Crippen molar-refractivity contribution in [2.75, 3.05) is 7.05 Å². The molecule has 0 saturated heterocycles. The van der Waals surface area contributed by atoms with Gasteiger partial charge in [0.25, 0.3) is 0 Å². The lowest BCUT2D eigenvalue weighted by molar-refractivity contribution is -0.0372. The fourth-order valence-electron chi connectivity index (χ4n) is 4.31. The number of hydrogen-bond acceptors (Lipinski definition) is 1. The Hall–Kier alpha value is -0.890. The van der Waals surface area contributed by atoms with Gasteiger partial charge in [0.1, 0.15) is 5.82 Å². The van der Waals surface area contributed by atoms with Crippen molar-refractivity contribution in [2.45, 2.75) is 45.6 Å². The van der Waals surface area contributed by atoms with Crippen molar-refractivity contribution in [1.29, 1.82) is 0 Å². The highest BCUT2D eigenvalue weighted by atomic mass is 19.1. The molecule has 100 valence electrons. The van der Waals surface area contributed by atoms with Crippen LogP contribution in [0.25, 0.3) is 0 Å². The molecule has 1 aromatic carbocycles. The monoisotopic (exact) mass is 249 g/mol. The molecule has 1 aliphatic rings. The van der Waals surface area contributed by atoms with E-state index in [1.165, 1.54) is 0 Å². The molecule has 2 rings (SSSR count). The van der Waals surface area contributed by atoms with E-state index < -0.39 is 0 Å². The normalized spacial score (nSPS) is 29.9. The fourth-order valence-corrected chi connectivity index (χ4v) is 4.31. The minimum atomic E-state index is -0.0461. The lowest BCUT2D eigenvalue weighted by atomic mass is 9.46. The number of halogens is 1. The highest BCUT2D eigenvalue weighted by molar-refractivity contribution is 5.31. The van der Waals surface area contributed by atoms with Gasteiger partial charge in [0.05, 0.1) is 0 Å². The molecule has 1 fully saturated rings. The molecule has 1 nitrogen and oxygen atoms in total. The van der Waals surface area contributed by atoms with E-state index in [9.17, 15) is 4.39 Å². The molecule has 0 spiro atoms. The van der Waals surface area contributed by atoms with Gasteiger partial charge in [0.15, 0.2) is 0 Å². The molecule has 0 bridgehead atoms. The quantitative estimate of drug-likeness (QED) is 0.852. The summed E-state index contributed by atoms with van der Waals surface area (Å²) in [5.41, 5.74) is 1.11. The van der Waals surface area contributed by atoms with E-state index in [2.05, 4.69) is 26.1 Å². The summed E-state index contributed by atoms with van der Waals surface area (Å²) in [7, 11) is 2.03. The molecule has 1 aliphatic carbocycles. The first kappa shape index (κ1) is 13.5. The van der Waals surface area contributed by atoms with Gasteiger partial charge in [-0.15, -0.1) is 0 Å². The van der Waals surface area contributed by atoms with E-state index in [4.69, 9.17) is 0 Å². The average Bonchev–Trinajstić information content (AvgIpc) is 2.38. The number of hydrogen-bond donors (Lipinski definition) is 1. The number of nitrogens with one attached hydrogen (secondary N) is 1. The molecule has 0 amide bonds. The average molecular weight is 249 g/mol. The molecule has 2 heteroatoms. The van der Waals surface area contributed by atoms with Crippen LogP contribution < -0.4 is 5.32 Å². The Balaban J connectivity index is 2.41. The van der Waals surface area contributed by atoms with Gasteiger partial charge < -0.3 is 5.32 Å². The van der Waals surface area contributed by atoms with Crippen LogP contribution in [0, 0.1) is 17.2 Å². The third-order valence-corrected chi connectivity index (χ3v) is 5.16. The van der Waals surface area contributed by atoms with Gasteiger partial charge in [-0.25, -0.2) is 4.39 Å². The number of rotatable bonds is 4. The van der Waals surface area contributed by atoms with Gasteiger partial charge >= 0.3 is 0 Å². The van der Waals surface area contributed by atoms with Crippen molar-refractivity contribution in [3.8, 4) is 0 Å². The third kappa shape index (κ3) is 1.70. The first-order valence-corrected chi connectivity index (χ1v) is 7.04. The van der Waals surface area contributed by atoms with E-state index in [1.807, 2.05) is 19.2 Å². The van der Waals surface area contributed by atoms with Crippen LogP contribution in [0.4, 0.5) is 4.39 Å². The molecule has 0 aliphatic heterocycles. The molecule has 1 saturated carbocycles. The standard InChI is InChI=1S/C16H24FN/c1-5-16(6-2)14(11(3)15(16)18-4)12-9-7-8-10-13(12)17/h7-11,14-15,18H,5-6H2,1-4H3. The van der Waals surface area contributed by atoms with Crippen LogP contribution in [-0.2, 0) is 0 Å².